The maximum Gasteiger partial charge on any atom is 0.178 e. The van der Waals surface area contributed by atoms with Crippen molar-refractivity contribution >= 4 is 59.9 Å². The van der Waals surface area contributed by atoms with E-state index in [1.807, 2.05) is 11.3 Å². The van der Waals surface area contributed by atoms with Crippen molar-refractivity contribution in [2.75, 3.05) is 9.80 Å². The molecule has 2 atom stereocenters. The predicted molar refractivity (Wildman–Crippen MR) is 296 cm³/mol. The fourth-order valence-corrected chi connectivity index (χ4v) is 14.0. The maximum absolute atomic E-state index is 7.28. The third kappa shape index (κ3) is 5.51. The topological polar surface area (TPSA) is 24.9 Å². The van der Waals surface area contributed by atoms with Gasteiger partial charge >= 0.3 is 0 Å². The molecule has 5 aliphatic rings. The Labute approximate surface area is 421 Å². The molecule has 16 rings (SSSR count). The summed E-state index contributed by atoms with van der Waals surface area (Å²) >= 11 is 1.85. The number of benzene rings is 10. The number of hydrogen-bond acceptors (Lipinski definition) is 5. The number of rotatable bonds is 5. The van der Waals surface area contributed by atoms with Crippen LogP contribution in [0.25, 0.3) is 53.6 Å². The third-order valence-electron chi connectivity index (χ3n) is 15.9. The molecular weight excluding hydrogens is 897 g/mol. The molecule has 1 spiro atoms. The van der Waals surface area contributed by atoms with Crippen molar-refractivity contribution in [3.63, 3.8) is 0 Å². The number of fused-ring (bicyclic) bond motifs is 19. The Kier molecular flexibility index (Phi) is 8.34. The standard InChI is InChI=1S/C67H42N2O2S/c1-7-22-54-47(16-1)48-17-2-8-23-55(48)67(54)56-24-9-3-21-52(56)65-57(67)34-36-61-66(65)71-62-40-46(33-35-60(62)70-61)68(43-31-28-41(29-32-43)42-30-37-64-53(38-42)51-20-6-12-27-63(51)72-64)44-14-13-15-45(39-44)69-58-25-10-4-18-49(58)50-19-5-11-26-59(50)69/h1-40,49,58H. The summed E-state index contributed by atoms with van der Waals surface area (Å²) in [4.78, 5) is 4.85. The largest absolute Gasteiger partial charge is 0.449 e. The molecule has 0 saturated heterocycles. The molecule has 3 aliphatic carbocycles. The van der Waals surface area contributed by atoms with E-state index >= 15 is 0 Å². The predicted octanol–water partition coefficient (Wildman–Crippen LogP) is 18.2. The van der Waals surface area contributed by atoms with Crippen LogP contribution in [0.2, 0.25) is 0 Å². The number of hydrogen-bond donors (Lipinski definition) is 0. The van der Waals surface area contributed by atoms with Crippen LogP contribution in [0.3, 0.4) is 0 Å². The second-order valence-corrected chi connectivity index (χ2v) is 20.5. The highest BCUT2D eigenvalue weighted by Gasteiger charge is 2.53. The van der Waals surface area contributed by atoms with E-state index in [-0.39, 0.29) is 12.0 Å². The van der Waals surface area contributed by atoms with E-state index in [9.17, 15) is 0 Å². The van der Waals surface area contributed by atoms with Crippen molar-refractivity contribution in [1.82, 2.24) is 0 Å². The summed E-state index contributed by atoms with van der Waals surface area (Å²) in [5, 5.41) is 2.60. The molecule has 0 amide bonds. The van der Waals surface area contributed by atoms with Crippen molar-refractivity contribution in [2.24, 2.45) is 0 Å². The van der Waals surface area contributed by atoms with Gasteiger partial charge in [0.25, 0.3) is 0 Å². The van der Waals surface area contributed by atoms with Crippen LogP contribution >= 0.6 is 11.3 Å². The van der Waals surface area contributed by atoms with Gasteiger partial charge in [0.15, 0.2) is 23.0 Å². The zero-order chi connectivity index (χ0) is 47.1. The van der Waals surface area contributed by atoms with Gasteiger partial charge in [-0.15, -0.1) is 11.3 Å². The van der Waals surface area contributed by atoms with Gasteiger partial charge in [-0.1, -0.05) is 164 Å². The van der Waals surface area contributed by atoms with E-state index in [1.165, 1.54) is 75.9 Å². The second-order valence-electron chi connectivity index (χ2n) is 19.5. The molecule has 2 aliphatic heterocycles. The van der Waals surface area contributed by atoms with Gasteiger partial charge in [0.1, 0.15) is 0 Å². The van der Waals surface area contributed by atoms with E-state index in [4.69, 9.17) is 9.47 Å². The lowest BCUT2D eigenvalue weighted by Crippen LogP contribution is -2.28. The molecule has 10 aromatic carbocycles. The van der Waals surface area contributed by atoms with Gasteiger partial charge in [-0.25, -0.2) is 0 Å². The third-order valence-corrected chi connectivity index (χ3v) is 17.0. The maximum atomic E-state index is 7.28. The van der Waals surface area contributed by atoms with E-state index < -0.39 is 5.41 Å². The Morgan fingerprint density at radius 1 is 0.444 bits per heavy atom. The highest BCUT2D eigenvalue weighted by molar-refractivity contribution is 7.25. The van der Waals surface area contributed by atoms with Gasteiger partial charge in [-0.2, -0.15) is 0 Å². The smallest absolute Gasteiger partial charge is 0.178 e. The summed E-state index contributed by atoms with van der Waals surface area (Å²) in [6.07, 6.45) is 9.04. The molecule has 72 heavy (non-hydrogen) atoms. The average Bonchev–Trinajstić information content (AvgIpc) is 4.17. The number of para-hydroxylation sites is 1. The monoisotopic (exact) mass is 938 g/mol. The molecule has 0 radical (unpaired) electrons. The number of nitrogens with zero attached hydrogens (tertiary/aromatic N) is 2. The summed E-state index contributed by atoms with van der Waals surface area (Å²) in [5.74, 6) is 3.09. The highest BCUT2D eigenvalue weighted by atomic mass is 32.1. The van der Waals surface area contributed by atoms with Crippen molar-refractivity contribution in [3.8, 4) is 56.4 Å². The Hall–Kier alpha value is -8.90. The van der Waals surface area contributed by atoms with Crippen LogP contribution in [0.4, 0.5) is 28.4 Å². The molecule has 0 bridgehead atoms. The molecule has 0 N–H and O–H groups in total. The molecule has 1 aromatic heterocycles. The van der Waals surface area contributed by atoms with Crippen LogP contribution in [0.15, 0.2) is 243 Å². The van der Waals surface area contributed by atoms with Gasteiger partial charge in [-0.3, -0.25) is 0 Å². The van der Waals surface area contributed by atoms with E-state index in [0.717, 1.165) is 39.6 Å². The van der Waals surface area contributed by atoms with Crippen molar-refractivity contribution in [2.45, 2.75) is 17.4 Å². The molecule has 0 saturated carbocycles. The molecule has 4 nitrogen and oxygen atoms in total. The Bertz CT molecular complexity index is 4120. The Morgan fingerprint density at radius 3 is 1.96 bits per heavy atom. The van der Waals surface area contributed by atoms with Crippen LogP contribution in [-0.4, -0.2) is 6.04 Å². The summed E-state index contributed by atoms with van der Waals surface area (Å²) in [6, 6.07) is 80.0. The minimum Gasteiger partial charge on any atom is -0.449 e. The summed E-state index contributed by atoms with van der Waals surface area (Å²) in [6.45, 7) is 0. The van der Waals surface area contributed by atoms with Crippen molar-refractivity contribution < 1.29 is 9.47 Å². The lowest BCUT2D eigenvalue weighted by Gasteiger charge is -2.32. The SMILES string of the molecule is C1=CC2c3ccccc3N(c3cccc(N(c4ccc(-c5ccc6sc7ccccc7c6c5)cc4)c4ccc5c(c4)Oc4c(ccc6c4-c4ccccc4C64c6ccccc6-c6ccccc64)O5)c3)C2C=C1. The molecule has 338 valence electrons. The van der Waals surface area contributed by atoms with Gasteiger partial charge in [0, 0.05) is 60.5 Å². The normalized spacial score (nSPS) is 16.5. The van der Waals surface area contributed by atoms with Gasteiger partial charge in [-0.05, 0) is 128 Å². The fraction of sp³-hybridized carbons (Fsp3) is 0.0448. The average molecular weight is 939 g/mol. The van der Waals surface area contributed by atoms with Gasteiger partial charge in [0.2, 0.25) is 0 Å². The van der Waals surface area contributed by atoms with Crippen LogP contribution in [0.1, 0.15) is 33.7 Å². The first-order valence-electron chi connectivity index (χ1n) is 24.8. The van der Waals surface area contributed by atoms with Crippen molar-refractivity contribution in [1.29, 1.82) is 0 Å². The fourth-order valence-electron chi connectivity index (χ4n) is 12.9. The molecule has 11 aromatic rings. The van der Waals surface area contributed by atoms with Gasteiger partial charge < -0.3 is 19.3 Å². The summed E-state index contributed by atoms with van der Waals surface area (Å²) < 4.78 is 16.8. The van der Waals surface area contributed by atoms with Crippen LogP contribution < -0.4 is 19.3 Å². The van der Waals surface area contributed by atoms with Gasteiger partial charge in [0.05, 0.1) is 17.1 Å². The highest BCUT2D eigenvalue weighted by Crippen LogP contribution is 2.66. The minimum absolute atomic E-state index is 0.180. The molecule has 2 unspecified atom stereocenters. The number of thiophene rings is 1. The number of anilines is 5. The zero-order valence-corrected chi connectivity index (χ0v) is 39.7. The van der Waals surface area contributed by atoms with Crippen LogP contribution in [0.5, 0.6) is 23.0 Å². The number of ether oxygens (including phenoxy) is 2. The lowest BCUT2D eigenvalue weighted by atomic mass is 9.70. The second kappa shape index (κ2) is 15.1. The first-order valence-corrected chi connectivity index (χ1v) is 25.6. The van der Waals surface area contributed by atoms with E-state index in [1.54, 1.807) is 0 Å². The zero-order valence-electron chi connectivity index (χ0n) is 38.9. The van der Waals surface area contributed by atoms with E-state index in [2.05, 4.69) is 252 Å². The quantitative estimate of drug-likeness (QED) is 0.172. The van der Waals surface area contributed by atoms with Crippen LogP contribution in [0, 0.1) is 0 Å². The minimum atomic E-state index is -0.490. The Morgan fingerprint density at radius 2 is 1.11 bits per heavy atom. The summed E-state index contributed by atoms with van der Waals surface area (Å²) in [7, 11) is 0. The lowest BCUT2D eigenvalue weighted by molar-refractivity contribution is 0.360. The number of allylic oxidation sites excluding steroid dienone is 2. The molecule has 3 heterocycles. The van der Waals surface area contributed by atoms with Crippen molar-refractivity contribution in [3.05, 3.63) is 271 Å². The first kappa shape index (κ1) is 39.9. The molecule has 0 fully saturated rings. The summed E-state index contributed by atoms with van der Waals surface area (Å²) in [5.41, 5.74) is 18.5. The van der Waals surface area contributed by atoms with E-state index in [0.29, 0.717) is 17.2 Å². The van der Waals surface area contributed by atoms with Crippen LogP contribution in [-0.2, 0) is 5.41 Å². The first-order chi connectivity index (χ1) is 35.7. The Balaban J connectivity index is 0.834. The molecular formula is C67H42N2O2S. The molecule has 5 heteroatoms.